The summed E-state index contributed by atoms with van der Waals surface area (Å²) in [5, 5.41) is 4.97. The fourth-order valence-electron chi connectivity index (χ4n) is 4.14. The standard InChI is InChI=1S/C22H23ClN4S/c1-13-12-16(15(3)27(13)19-10-7-8-17(23)14(19)2)21-20(25-22(28)26(21)4)18-9-5-6-11-24-18/h5-12,20-21H,1-4H3,(H,25,28)/t20-,21-/m0/s1. The predicted octanol–water partition coefficient (Wildman–Crippen LogP) is 5.05. The summed E-state index contributed by atoms with van der Waals surface area (Å²) in [5.74, 6) is 0. The van der Waals surface area contributed by atoms with Crippen molar-refractivity contribution in [3.05, 3.63) is 81.9 Å². The summed E-state index contributed by atoms with van der Waals surface area (Å²) >= 11 is 12.0. The number of likely N-dealkylation sites (N-methyl/N-ethyl adjacent to an activating group) is 1. The molecule has 6 heteroatoms. The number of halogens is 1. The van der Waals surface area contributed by atoms with Gasteiger partial charge in [-0.15, -0.1) is 0 Å². The third-order valence-corrected chi connectivity index (χ3v) is 6.42. The number of nitrogens with one attached hydrogen (secondary N) is 1. The third-order valence-electron chi connectivity index (χ3n) is 5.61. The van der Waals surface area contributed by atoms with E-state index in [-0.39, 0.29) is 12.1 Å². The van der Waals surface area contributed by atoms with Crippen molar-refractivity contribution in [3.63, 3.8) is 0 Å². The van der Waals surface area contributed by atoms with Crippen LogP contribution in [0, 0.1) is 20.8 Å². The number of aryl methyl sites for hydroxylation is 1. The highest BCUT2D eigenvalue weighted by Gasteiger charge is 2.39. The van der Waals surface area contributed by atoms with E-state index in [9.17, 15) is 0 Å². The van der Waals surface area contributed by atoms with Crippen molar-refractivity contribution in [1.82, 2.24) is 19.8 Å². The zero-order valence-corrected chi connectivity index (χ0v) is 18.0. The zero-order chi connectivity index (χ0) is 20.0. The molecule has 2 aromatic heterocycles. The lowest BCUT2D eigenvalue weighted by Crippen LogP contribution is -2.25. The molecular weight excluding hydrogens is 388 g/mol. The summed E-state index contributed by atoms with van der Waals surface area (Å²) in [6.45, 7) is 6.35. The summed E-state index contributed by atoms with van der Waals surface area (Å²) in [6.07, 6.45) is 1.83. The van der Waals surface area contributed by atoms with Gasteiger partial charge in [0, 0.05) is 35.3 Å². The maximum Gasteiger partial charge on any atom is 0.169 e. The van der Waals surface area contributed by atoms with Crippen molar-refractivity contribution in [3.8, 4) is 5.69 Å². The SMILES string of the molecule is Cc1c(Cl)cccc1-n1c(C)cc([C@H]2[C@H](c3ccccn3)NC(=S)N2C)c1C. The molecule has 0 amide bonds. The number of nitrogens with zero attached hydrogens (tertiary/aromatic N) is 3. The minimum absolute atomic E-state index is 0.00751. The van der Waals surface area contributed by atoms with Gasteiger partial charge in [0.05, 0.1) is 17.8 Å². The van der Waals surface area contributed by atoms with Gasteiger partial charge in [0.15, 0.2) is 5.11 Å². The van der Waals surface area contributed by atoms with Gasteiger partial charge in [-0.25, -0.2) is 0 Å². The predicted molar refractivity (Wildman–Crippen MR) is 118 cm³/mol. The van der Waals surface area contributed by atoms with E-state index in [1.165, 1.54) is 17.0 Å². The molecule has 3 aromatic rings. The van der Waals surface area contributed by atoms with Crippen molar-refractivity contribution in [2.45, 2.75) is 32.9 Å². The molecule has 0 aliphatic carbocycles. The van der Waals surface area contributed by atoms with Crippen molar-refractivity contribution in [1.29, 1.82) is 0 Å². The molecule has 4 rings (SSSR count). The smallest absolute Gasteiger partial charge is 0.169 e. The lowest BCUT2D eigenvalue weighted by atomic mass is 9.97. The first-order valence-electron chi connectivity index (χ1n) is 9.28. The van der Waals surface area contributed by atoms with Crippen LogP contribution >= 0.6 is 23.8 Å². The molecule has 0 unspecified atom stereocenters. The van der Waals surface area contributed by atoms with Crippen LogP contribution in [0.5, 0.6) is 0 Å². The van der Waals surface area contributed by atoms with E-state index in [4.69, 9.17) is 23.8 Å². The average Bonchev–Trinajstić information content (AvgIpc) is 3.14. The minimum Gasteiger partial charge on any atom is -0.352 e. The summed E-state index contributed by atoms with van der Waals surface area (Å²) < 4.78 is 2.28. The van der Waals surface area contributed by atoms with E-state index in [0.717, 1.165) is 27.1 Å². The van der Waals surface area contributed by atoms with E-state index in [1.54, 1.807) is 0 Å². The van der Waals surface area contributed by atoms with Gasteiger partial charge < -0.3 is 14.8 Å². The molecule has 1 N–H and O–H groups in total. The largest absolute Gasteiger partial charge is 0.352 e. The fraction of sp³-hybridized carbons (Fsp3) is 0.273. The van der Waals surface area contributed by atoms with E-state index < -0.39 is 0 Å². The quantitative estimate of drug-likeness (QED) is 0.612. The zero-order valence-electron chi connectivity index (χ0n) is 16.4. The number of benzene rings is 1. The van der Waals surface area contributed by atoms with Gasteiger partial charge in [0.2, 0.25) is 0 Å². The van der Waals surface area contributed by atoms with Crippen molar-refractivity contribution in [2.24, 2.45) is 0 Å². The van der Waals surface area contributed by atoms with E-state index in [1.807, 2.05) is 43.6 Å². The number of thiocarbonyl (C=S) groups is 1. The second-order valence-corrected chi connectivity index (χ2v) is 8.08. The van der Waals surface area contributed by atoms with Crippen molar-refractivity contribution >= 4 is 28.9 Å². The normalized spacial score (nSPS) is 19.2. The first kappa shape index (κ1) is 19.0. The molecule has 28 heavy (non-hydrogen) atoms. The van der Waals surface area contributed by atoms with Gasteiger partial charge in [-0.3, -0.25) is 4.98 Å². The van der Waals surface area contributed by atoms with Gasteiger partial charge in [0.1, 0.15) is 0 Å². The second-order valence-electron chi connectivity index (χ2n) is 7.28. The van der Waals surface area contributed by atoms with E-state index in [0.29, 0.717) is 0 Å². The van der Waals surface area contributed by atoms with Gasteiger partial charge >= 0.3 is 0 Å². The first-order chi connectivity index (χ1) is 13.4. The van der Waals surface area contributed by atoms with Crippen LogP contribution in [0.15, 0.2) is 48.7 Å². The number of hydrogen-bond donors (Lipinski definition) is 1. The van der Waals surface area contributed by atoms with Crippen LogP contribution in [0.3, 0.4) is 0 Å². The molecule has 0 radical (unpaired) electrons. The van der Waals surface area contributed by atoms with Gasteiger partial charge in [-0.1, -0.05) is 23.7 Å². The van der Waals surface area contributed by atoms with E-state index in [2.05, 4.69) is 52.7 Å². The number of pyridine rings is 1. The Hall–Kier alpha value is -2.37. The second kappa shape index (κ2) is 7.22. The van der Waals surface area contributed by atoms with E-state index >= 15 is 0 Å². The molecule has 2 atom stereocenters. The number of hydrogen-bond acceptors (Lipinski definition) is 2. The Morgan fingerprint density at radius 3 is 2.61 bits per heavy atom. The van der Waals surface area contributed by atoms with Gasteiger partial charge in [-0.05, 0) is 74.4 Å². The molecule has 0 spiro atoms. The average molecular weight is 411 g/mol. The third kappa shape index (κ3) is 2.99. The van der Waals surface area contributed by atoms with Crippen LogP contribution in [-0.2, 0) is 0 Å². The molecule has 1 saturated heterocycles. The molecule has 1 fully saturated rings. The Morgan fingerprint density at radius 2 is 1.89 bits per heavy atom. The van der Waals surface area contributed by atoms with Crippen LogP contribution < -0.4 is 5.32 Å². The maximum atomic E-state index is 6.39. The first-order valence-corrected chi connectivity index (χ1v) is 10.1. The maximum absolute atomic E-state index is 6.39. The molecule has 3 heterocycles. The molecule has 0 saturated carbocycles. The molecule has 1 aliphatic heterocycles. The molecule has 0 bridgehead atoms. The lowest BCUT2D eigenvalue weighted by molar-refractivity contribution is 0.367. The summed E-state index contributed by atoms with van der Waals surface area (Å²) in [4.78, 5) is 6.71. The number of rotatable bonds is 3. The Morgan fingerprint density at radius 1 is 1.11 bits per heavy atom. The summed E-state index contributed by atoms with van der Waals surface area (Å²) in [6, 6.07) is 14.4. The van der Waals surface area contributed by atoms with Crippen molar-refractivity contribution in [2.75, 3.05) is 7.05 Å². The Labute approximate surface area is 176 Å². The fourth-order valence-corrected chi connectivity index (χ4v) is 4.55. The highest BCUT2D eigenvalue weighted by molar-refractivity contribution is 7.80. The molecule has 1 aliphatic rings. The van der Waals surface area contributed by atoms with Crippen LogP contribution in [0.4, 0.5) is 0 Å². The topological polar surface area (TPSA) is 33.1 Å². The molecule has 4 nitrogen and oxygen atoms in total. The van der Waals surface area contributed by atoms with Crippen molar-refractivity contribution < 1.29 is 0 Å². The Balaban J connectivity index is 1.85. The Kier molecular flexibility index (Phi) is 4.89. The van der Waals surface area contributed by atoms with Crippen LogP contribution in [0.25, 0.3) is 5.69 Å². The lowest BCUT2D eigenvalue weighted by Gasteiger charge is -2.24. The van der Waals surface area contributed by atoms with Gasteiger partial charge in [0.25, 0.3) is 0 Å². The molecular formula is C22H23ClN4S. The minimum atomic E-state index is 0.00751. The van der Waals surface area contributed by atoms with Crippen LogP contribution in [-0.4, -0.2) is 26.6 Å². The summed E-state index contributed by atoms with van der Waals surface area (Å²) in [5.41, 5.74) is 6.77. The highest BCUT2D eigenvalue weighted by Crippen LogP contribution is 2.40. The highest BCUT2D eigenvalue weighted by atomic mass is 35.5. The van der Waals surface area contributed by atoms with Crippen LogP contribution in [0.1, 0.15) is 40.3 Å². The summed E-state index contributed by atoms with van der Waals surface area (Å²) in [7, 11) is 2.04. The molecule has 144 valence electrons. The Bertz CT molecular complexity index is 1040. The molecule has 1 aromatic carbocycles. The monoisotopic (exact) mass is 410 g/mol. The number of aromatic nitrogens is 2. The van der Waals surface area contributed by atoms with Gasteiger partial charge in [-0.2, -0.15) is 0 Å². The van der Waals surface area contributed by atoms with Crippen LogP contribution in [0.2, 0.25) is 5.02 Å².